The van der Waals surface area contributed by atoms with Crippen molar-refractivity contribution < 1.29 is 13.9 Å². The van der Waals surface area contributed by atoms with Crippen molar-refractivity contribution in [1.82, 2.24) is 9.88 Å². The topological polar surface area (TPSA) is 43.3 Å². The highest BCUT2D eigenvalue weighted by atomic mass is 19.1. The lowest BCUT2D eigenvalue weighted by Crippen LogP contribution is -2.28. The highest BCUT2D eigenvalue weighted by Gasteiger charge is 2.08. The second-order valence-corrected chi connectivity index (χ2v) is 6.29. The van der Waals surface area contributed by atoms with Gasteiger partial charge in [0.05, 0.1) is 6.61 Å². The number of rotatable bonds is 8. The second kappa shape index (κ2) is 8.52. The van der Waals surface area contributed by atoms with Crippen LogP contribution >= 0.6 is 0 Å². The molecule has 0 spiro atoms. The van der Waals surface area contributed by atoms with E-state index < -0.39 is 0 Å². The van der Waals surface area contributed by atoms with Crippen LogP contribution in [0.25, 0.3) is 10.9 Å². The molecule has 136 valence electrons. The maximum atomic E-state index is 12.8. The molecule has 3 aromatic rings. The van der Waals surface area contributed by atoms with Crippen LogP contribution < -0.4 is 10.1 Å². The number of para-hydroxylation sites is 1. The molecule has 0 saturated heterocycles. The van der Waals surface area contributed by atoms with Crippen LogP contribution in [0.1, 0.15) is 18.5 Å². The highest BCUT2D eigenvalue weighted by Crippen LogP contribution is 2.18. The molecule has 0 aliphatic carbocycles. The SMILES string of the molecule is Cc1cc2ccccc2n1CC(=O)NCCCCOc1ccc(F)cc1. The molecule has 4 nitrogen and oxygen atoms in total. The van der Waals surface area contributed by atoms with Crippen molar-refractivity contribution in [2.75, 3.05) is 13.2 Å². The van der Waals surface area contributed by atoms with E-state index in [1.54, 1.807) is 12.1 Å². The summed E-state index contributed by atoms with van der Waals surface area (Å²) in [5.74, 6) is 0.394. The highest BCUT2D eigenvalue weighted by molar-refractivity contribution is 5.84. The molecule has 0 atom stereocenters. The fourth-order valence-electron chi connectivity index (χ4n) is 2.93. The standard InChI is InChI=1S/C21H23FN2O2/c1-16-14-17-6-2-3-7-20(17)24(16)15-21(25)23-12-4-5-13-26-19-10-8-18(22)9-11-19/h2-3,6-11,14H,4-5,12-13,15H2,1H3,(H,23,25). The summed E-state index contributed by atoms with van der Waals surface area (Å²) in [6, 6.07) is 16.1. The van der Waals surface area contributed by atoms with Crippen LogP contribution in [0.15, 0.2) is 54.6 Å². The van der Waals surface area contributed by atoms with Crippen LogP contribution in [-0.4, -0.2) is 23.6 Å². The largest absolute Gasteiger partial charge is 0.494 e. The third kappa shape index (κ3) is 4.63. The number of aryl methyl sites for hydroxylation is 1. The smallest absolute Gasteiger partial charge is 0.239 e. The Hall–Kier alpha value is -2.82. The van der Waals surface area contributed by atoms with Crippen LogP contribution in [0.4, 0.5) is 4.39 Å². The lowest BCUT2D eigenvalue weighted by molar-refractivity contribution is -0.121. The molecular formula is C21H23FN2O2. The third-order valence-corrected chi connectivity index (χ3v) is 4.30. The number of ether oxygens (including phenoxy) is 1. The fraction of sp³-hybridized carbons (Fsp3) is 0.286. The van der Waals surface area contributed by atoms with Gasteiger partial charge in [-0.2, -0.15) is 0 Å². The third-order valence-electron chi connectivity index (χ3n) is 4.30. The Balaban J connectivity index is 1.37. The number of halogens is 1. The minimum Gasteiger partial charge on any atom is -0.494 e. The predicted octanol–water partition coefficient (Wildman–Crippen LogP) is 4.06. The Morgan fingerprint density at radius 2 is 1.88 bits per heavy atom. The van der Waals surface area contributed by atoms with E-state index in [-0.39, 0.29) is 11.7 Å². The summed E-state index contributed by atoms with van der Waals surface area (Å²) < 4.78 is 20.4. The summed E-state index contributed by atoms with van der Waals surface area (Å²) in [7, 11) is 0. The molecular weight excluding hydrogens is 331 g/mol. The first-order valence-electron chi connectivity index (χ1n) is 8.83. The molecule has 2 aromatic carbocycles. The minimum absolute atomic E-state index is 0.00825. The zero-order valence-electron chi connectivity index (χ0n) is 14.9. The van der Waals surface area contributed by atoms with Gasteiger partial charge in [-0.15, -0.1) is 0 Å². The van der Waals surface area contributed by atoms with Crippen molar-refractivity contribution in [3.63, 3.8) is 0 Å². The van der Waals surface area contributed by atoms with Crippen molar-refractivity contribution >= 4 is 16.8 Å². The Bertz CT molecular complexity index is 871. The fourth-order valence-corrected chi connectivity index (χ4v) is 2.93. The average Bonchev–Trinajstić information content (AvgIpc) is 2.95. The summed E-state index contributed by atoms with van der Waals surface area (Å²) in [5.41, 5.74) is 2.15. The number of benzene rings is 2. The normalized spacial score (nSPS) is 10.8. The van der Waals surface area contributed by atoms with Crippen LogP contribution in [-0.2, 0) is 11.3 Å². The number of hydrogen-bond donors (Lipinski definition) is 1. The lowest BCUT2D eigenvalue weighted by atomic mass is 10.2. The van der Waals surface area contributed by atoms with Gasteiger partial charge >= 0.3 is 0 Å². The summed E-state index contributed by atoms with van der Waals surface area (Å²) in [6.45, 7) is 3.50. The Morgan fingerprint density at radius 1 is 1.12 bits per heavy atom. The number of carbonyl (C=O) groups is 1. The number of carbonyl (C=O) groups excluding carboxylic acids is 1. The van der Waals surface area contributed by atoms with Crippen molar-refractivity contribution in [3.8, 4) is 5.75 Å². The van der Waals surface area contributed by atoms with Crippen molar-refractivity contribution in [1.29, 1.82) is 0 Å². The average molecular weight is 354 g/mol. The molecule has 1 aromatic heterocycles. The van der Waals surface area contributed by atoms with E-state index in [9.17, 15) is 9.18 Å². The Morgan fingerprint density at radius 3 is 2.69 bits per heavy atom. The van der Waals surface area contributed by atoms with Crippen molar-refractivity contribution in [3.05, 3.63) is 66.1 Å². The van der Waals surface area contributed by atoms with Gasteiger partial charge < -0.3 is 14.6 Å². The molecule has 0 fully saturated rings. The number of unbranched alkanes of at least 4 members (excludes halogenated alkanes) is 1. The second-order valence-electron chi connectivity index (χ2n) is 6.29. The first-order valence-corrected chi connectivity index (χ1v) is 8.83. The van der Waals surface area contributed by atoms with Gasteiger partial charge in [0.1, 0.15) is 18.1 Å². The van der Waals surface area contributed by atoms with E-state index in [0.717, 1.165) is 29.4 Å². The molecule has 0 aliphatic rings. The molecule has 0 radical (unpaired) electrons. The summed E-state index contributed by atoms with van der Waals surface area (Å²) in [6.07, 6.45) is 1.65. The first kappa shape index (κ1) is 18.0. The molecule has 3 rings (SSSR count). The number of aromatic nitrogens is 1. The van der Waals surface area contributed by atoms with E-state index >= 15 is 0 Å². The summed E-state index contributed by atoms with van der Waals surface area (Å²) in [4.78, 5) is 12.2. The predicted molar refractivity (Wildman–Crippen MR) is 101 cm³/mol. The lowest BCUT2D eigenvalue weighted by Gasteiger charge is -2.10. The van der Waals surface area contributed by atoms with E-state index in [2.05, 4.69) is 17.4 Å². The molecule has 1 N–H and O–H groups in total. The molecule has 0 saturated carbocycles. The quantitative estimate of drug-likeness (QED) is 0.620. The van der Waals surface area contributed by atoms with Gasteiger partial charge in [0.25, 0.3) is 0 Å². The van der Waals surface area contributed by atoms with Gasteiger partial charge in [-0.25, -0.2) is 4.39 Å². The Labute approximate surface area is 152 Å². The molecule has 26 heavy (non-hydrogen) atoms. The molecule has 5 heteroatoms. The van der Waals surface area contributed by atoms with Gasteiger partial charge in [-0.1, -0.05) is 18.2 Å². The summed E-state index contributed by atoms with van der Waals surface area (Å²) >= 11 is 0. The van der Waals surface area contributed by atoms with Crippen LogP contribution in [0.2, 0.25) is 0 Å². The molecule has 1 heterocycles. The van der Waals surface area contributed by atoms with E-state index in [4.69, 9.17) is 4.74 Å². The van der Waals surface area contributed by atoms with Gasteiger partial charge in [0, 0.05) is 17.8 Å². The van der Waals surface area contributed by atoms with Gasteiger partial charge in [0.2, 0.25) is 5.91 Å². The maximum absolute atomic E-state index is 12.8. The number of hydrogen-bond acceptors (Lipinski definition) is 2. The van der Waals surface area contributed by atoms with Crippen molar-refractivity contribution in [2.24, 2.45) is 0 Å². The molecule has 0 unspecified atom stereocenters. The van der Waals surface area contributed by atoms with E-state index in [1.165, 1.54) is 12.1 Å². The van der Waals surface area contributed by atoms with Crippen LogP contribution in [0.5, 0.6) is 5.75 Å². The maximum Gasteiger partial charge on any atom is 0.239 e. The zero-order chi connectivity index (χ0) is 18.4. The number of amides is 1. The molecule has 0 bridgehead atoms. The first-order chi connectivity index (χ1) is 12.6. The van der Waals surface area contributed by atoms with Crippen LogP contribution in [0, 0.1) is 12.7 Å². The number of nitrogens with one attached hydrogen (secondary N) is 1. The van der Waals surface area contributed by atoms with E-state index in [1.807, 2.05) is 29.7 Å². The number of nitrogens with zero attached hydrogens (tertiary/aromatic N) is 1. The minimum atomic E-state index is -0.272. The van der Waals surface area contributed by atoms with Gasteiger partial charge in [-0.3, -0.25) is 4.79 Å². The molecule has 1 amide bonds. The van der Waals surface area contributed by atoms with Gasteiger partial charge in [0.15, 0.2) is 0 Å². The Kier molecular flexibility index (Phi) is 5.89. The van der Waals surface area contributed by atoms with Gasteiger partial charge in [-0.05, 0) is 61.5 Å². The van der Waals surface area contributed by atoms with Crippen LogP contribution in [0.3, 0.4) is 0 Å². The zero-order valence-corrected chi connectivity index (χ0v) is 14.9. The summed E-state index contributed by atoms with van der Waals surface area (Å²) in [5, 5.41) is 4.10. The number of fused-ring (bicyclic) bond motifs is 1. The molecule has 0 aliphatic heterocycles. The van der Waals surface area contributed by atoms with Crippen molar-refractivity contribution in [2.45, 2.75) is 26.3 Å². The monoisotopic (exact) mass is 354 g/mol. The van der Waals surface area contributed by atoms with E-state index in [0.29, 0.717) is 25.4 Å².